The van der Waals surface area contributed by atoms with Crippen LogP contribution in [-0.2, 0) is 11.1 Å². The molecule has 6 heteroatoms. The van der Waals surface area contributed by atoms with Crippen molar-refractivity contribution < 1.29 is 13.7 Å². The summed E-state index contributed by atoms with van der Waals surface area (Å²) in [5.41, 5.74) is -0.397. The van der Waals surface area contributed by atoms with E-state index in [1.807, 2.05) is 0 Å². The van der Waals surface area contributed by atoms with Crippen molar-refractivity contribution in [1.82, 2.24) is 0 Å². The molecule has 0 aromatic heterocycles. The lowest BCUT2D eigenvalue weighted by Gasteiger charge is -2.04. The number of nitro groups is 1. The summed E-state index contributed by atoms with van der Waals surface area (Å²) in [6, 6.07) is 5.17. The van der Waals surface area contributed by atoms with Crippen LogP contribution in [0.25, 0.3) is 0 Å². The number of rotatable bonds is 2. The first-order chi connectivity index (χ1) is 5.63. The van der Waals surface area contributed by atoms with Gasteiger partial charge >= 0.3 is 0 Å². The summed E-state index contributed by atoms with van der Waals surface area (Å²) in [4.78, 5) is 9.24. The summed E-state index contributed by atoms with van der Waals surface area (Å²) in [6.07, 6.45) is 0. The van der Waals surface area contributed by atoms with Gasteiger partial charge in [0.05, 0.1) is 4.92 Å². The topological polar surface area (TPSA) is 83.3 Å². The van der Waals surface area contributed by atoms with E-state index in [4.69, 9.17) is 0 Å². The largest absolute Gasteiger partial charge is 0.768 e. The highest BCUT2D eigenvalue weighted by Gasteiger charge is 2.11. The summed E-state index contributed by atoms with van der Waals surface area (Å²) in [5.74, 6) is 0. The van der Waals surface area contributed by atoms with Gasteiger partial charge in [-0.3, -0.25) is 14.3 Å². The zero-order valence-electron chi connectivity index (χ0n) is 5.80. The van der Waals surface area contributed by atoms with Crippen LogP contribution in [0.2, 0.25) is 0 Å². The number of benzene rings is 1. The Morgan fingerprint density at radius 3 is 2.33 bits per heavy atom. The van der Waals surface area contributed by atoms with E-state index in [1.165, 1.54) is 18.2 Å². The van der Waals surface area contributed by atoms with Gasteiger partial charge in [0, 0.05) is 6.07 Å². The maximum absolute atomic E-state index is 10.4. The fourth-order valence-corrected chi connectivity index (χ4v) is 1.25. The molecule has 0 bridgehead atoms. The van der Waals surface area contributed by atoms with Gasteiger partial charge in [0.2, 0.25) is 0 Å². The van der Waals surface area contributed by atoms with Gasteiger partial charge in [-0.25, -0.2) is 0 Å². The van der Waals surface area contributed by atoms with Gasteiger partial charge in [-0.1, -0.05) is 12.1 Å². The first kappa shape index (κ1) is 8.82. The average Bonchev–Trinajstić information content (AvgIpc) is 2.04. The van der Waals surface area contributed by atoms with Crippen LogP contribution in [0.1, 0.15) is 0 Å². The minimum atomic E-state index is -2.55. The number of hydrogen-bond donors (Lipinski definition) is 0. The SMILES string of the molecule is O=[N+]([O-])c1ccccc1S(=O)[O-]. The van der Waals surface area contributed by atoms with E-state index in [0.717, 1.165) is 6.07 Å². The molecule has 1 unspecified atom stereocenters. The molecule has 1 atom stereocenters. The predicted molar refractivity (Wildman–Crippen MR) is 40.3 cm³/mol. The second-order valence-corrected chi connectivity index (χ2v) is 2.87. The second kappa shape index (κ2) is 3.42. The fourth-order valence-electron chi connectivity index (χ4n) is 0.749. The summed E-state index contributed by atoms with van der Waals surface area (Å²) in [5, 5.41) is 10.3. The van der Waals surface area contributed by atoms with Crippen molar-refractivity contribution in [3.63, 3.8) is 0 Å². The first-order valence-electron chi connectivity index (χ1n) is 2.95. The Bertz CT molecular complexity index is 305. The Morgan fingerprint density at radius 2 is 1.92 bits per heavy atom. The quantitative estimate of drug-likeness (QED) is 0.389. The summed E-state index contributed by atoms with van der Waals surface area (Å²) < 4.78 is 20.8. The third-order valence-corrected chi connectivity index (χ3v) is 1.95. The van der Waals surface area contributed by atoms with Gasteiger partial charge in [-0.2, -0.15) is 0 Å². The molecule has 0 saturated carbocycles. The van der Waals surface area contributed by atoms with Crippen LogP contribution in [0.4, 0.5) is 5.69 Å². The van der Waals surface area contributed by atoms with Gasteiger partial charge in [0.1, 0.15) is 4.90 Å². The molecule has 0 spiro atoms. The molecule has 5 nitrogen and oxygen atoms in total. The molecule has 0 aliphatic heterocycles. The molecule has 0 N–H and O–H groups in total. The predicted octanol–water partition coefficient (Wildman–Crippen LogP) is 0.833. The Balaban J connectivity index is 3.27. The maximum Gasteiger partial charge on any atom is 0.284 e. The van der Waals surface area contributed by atoms with Gasteiger partial charge < -0.3 is 4.55 Å². The summed E-state index contributed by atoms with van der Waals surface area (Å²) in [7, 11) is 0. The number of hydrogen-bond acceptors (Lipinski definition) is 4. The molecule has 0 saturated heterocycles. The lowest BCUT2D eigenvalue weighted by atomic mass is 10.3. The molecule has 1 rings (SSSR count). The lowest BCUT2D eigenvalue weighted by molar-refractivity contribution is -0.387. The fraction of sp³-hybridized carbons (Fsp3) is 0. The zero-order chi connectivity index (χ0) is 9.14. The molecule has 1 aromatic rings. The third kappa shape index (κ3) is 1.66. The molecule has 0 heterocycles. The molecule has 12 heavy (non-hydrogen) atoms. The van der Waals surface area contributed by atoms with Crippen molar-refractivity contribution >= 4 is 16.8 Å². The van der Waals surface area contributed by atoms with Crippen LogP contribution in [0.15, 0.2) is 29.2 Å². The van der Waals surface area contributed by atoms with Crippen LogP contribution in [0.3, 0.4) is 0 Å². The highest BCUT2D eigenvalue weighted by atomic mass is 32.2. The Hall–Kier alpha value is -1.27. The van der Waals surface area contributed by atoms with Crippen molar-refractivity contribution in [2.24, 2.45) is 0 Å². The molecule has 64 valence electrons. The maximum atomic E-state index is 10.4. The van der Waals surface area contributed by atoms with Gasteiger partial charge in [0.15, 0.2) is 0 Å². The van der Waals surface area contributed by atoms with Crippen LogP contribution in [-0.4, -0.2) is 13.7 Å². The zero-order valence-corrected chi connectivity index (χ0v) is 6.61. The van der Waals surface area contributed by atoms with Gasteiger partial charge in [-0.05, 0) is 17.1 Å². The number of para-hydroxylation sites is 1. The Labute approximate surface area is 70.5 Å². The summed E-state index contributed by atoms with van der Waals surface area (Å²) >= 11 is -2.55. The standard InChI is InChI=1S/C6H5NO4S/c8-7(9)5-3-1-2-4-6(5)12(10)11/h1-4H,(H,10,11)/p-1. The van der Waals surface area contributed by atoms with E-state index in [0.29, 0.717) is 0 Å². The molecule has 0 radical (unpaired) electrons. The highest BCUT2D eigenvalue weighted by Crippen LogP contribution is 2.19. The van der Waals surface area contributed by atoms with E-state index in [2.05, 4.69) is 0 Å². The molecular formula is C6H4NO4S-. The van der Waals surface area contributed by atoms with Gasteiger partial charge in [-0.15, -0.1) is 0 Å². The Kier molecular flexibility index (Phi) is 2.51. The molecule has 0 fully saturated rings. The second-order valence-electron chi connectivity index (χ2n) is 1.96. The van der Waals surface area contributed by atoms with Crippen LogP contribution in [0, 0.1) is 10.1 Å². The number of nitro benzene ring substituents is 1. The van der Waals surface area contributed by atoms with E-state index in [-0.39, 0.29) is 4.90 Å². The van der Waals surface area contributed by atoms with E-state index in [1.54, 1.807) is 0 Å². The minimum absolute atomic E-state index is 0.289. The Morgan fingerprint density at radius 1 is 1.33 bits per heavy atom. The average molecular weight is 186 g/mol. The van der Waals surface area contributed by atoms with Crippen LogP contribution in [0.5, 0.6) is 0 Å². The molecule has 0 aliphatic carbocycles. The normalized spacial score (nSPS) is 12.4. The monoisotopic (exact) mass is 186 g/mol. The highest BCUT2D eigenvalue weighted by molar-refractivity contribution is 7.79. The summed E-state index contributed by atoms with van der Waals surface area (Å²) in [6.45, 7) is 0. The smallest absolute Gasteiger partial charge is 0.284 e. The molecule has 0 aliphatic rings. The van der Waals surface area contributed by atoms with E-state index in [9.17, 15) is 18.9 Å². The third-order valence-electron chi connectivity index (χ3n) is 1.24. The lowest BCUT2D eigenvalue weighted by Crippen LogP contribution is -1.96. The van der Waals surface area contributed by atoms with Crippen molar-refractivity contribution in [3.05, 3.63) is 34.4 Å². The number of nitrogens with zero attached hydrogens (tertiary/aromatic N) is 1. The minimum Gasteiger partial charge on any atom is -0.768 e. The van der Waals surface area contributed by atoms with Crippen molar-refractivity contribution in [2.45, 2.75) is 4.90 Å². The van der Waals surface area contributed by atoms with Crippen LogP contribution < -0.4 is 0 Å². The van der Waals surface area contributed by atoms with Crippen LogP contribution >= 0.6 is 0 Å². The van der Waals surface area contributed by atoms with Crippen molar-refractivity contribution in [1.29, 1.82) is 0 Å². The van der Waals surface area contributed by atoms with Gasteiger partial charge in [0.25, 0.3) is 5.69 Å². The van der Waals surface area contributed by atoms with Crippen molar-refractivity contribution in [3.8, 4) is 0 Å². The van der Waals surface area contributed by atoms with Crippen molar-refractivity contribution in [2.75, 3.05) is 0 Å². The molecule has 1 aromatic carbocycles. The molecular weight excluding hydrogens is 182 g/mol. The van der Waals surface area contributed by atoms with E-state index < -0.39 is 21.7 Å². The van der Waals surface area contributed by atoms with E-state index >= 15 is 0 Å². The first-order valence-corrected chi connectivity index (χ1v) is 4.03. The molecule has 0 amide bonds.